The van der Waals surface area contributed by atoms with Crippen LogP contribution in [0.1, 0.15) is 30.9 Å². The van der Waals surface area contributed by atoms with Crippen LogP contribution in [-0.2, 0) is 10.2 Å². The largest absolute Gasteiger partial charge is 0.299 e. The molecule has 0 amide bonds. The van der Waals surface area contributed by atoms with Crippen molar-refractivity contribution in [1.29, 1.82) is 0 Å². The van der Waals surface area contributed by atoms with Crippen molar-refractivity contribution in [1.82, 2.24) is 0 Å². The first-order valence-corrected chi connectivity index (χ1v) is 6.02. The second kappa shape index (κ2) is 2.32. The number of hydrogen-bond acceptors (Lipinski definition) is 1. The Morgan fingerprint density at radius 1 is 1.31 bits per heavy atom. The summed E-state index contributed by atoms with van der Waals surface area (Å²) in [6, 6.07) is 8.52. The van der Waals surface area contributed by atoms with Gasteiger partial charge in [-0.3, -0.25) is 4.79 Å². The van der Waals surface area contributed by atoms with Gasteiger partial charge in [-0.1, -0.05) is 43.3 Å². The summed E-state index contributed by atoms with van der Waals surface area (Å²) in [4.78, 5) is 12.0. The molecule has 1 nitrogen and oxygen atoms in total. The third-order valence-electron chi connectivity index (χ3n) is 5.16. The second-order valence-electron chi connectivity index (χ2n) is 5.56. The van der Waals surface area contributed by atoms with Crippen LogP contribution in [0.25, 0.3) is 6.08 Å². The minimum Gasteiger partial charge on any atom is -0.299 e. The van der Waals surface area contributed by atoms with Gasteiger partial charge in [-0.25, -0.2) is 0 Å². The Bertz CT molecular complexity index is 542. The smallest absolute Gasteiger partial charge is 0.137 e. The zero-order valence-electron chi connectivity index (χ0n) is 9.36. The van der Waals surface area contributed by atoms with Crippen LogP contribution in [0, 0.1) is 11.3 Å². The van der Waals surface area contributed by atoms with Crippen molar-refractivity contribution in [2.75, 3.05) is 0 Å². The molecule has 0 heterocycles. The van der Waals surface area contributed by atoms with Gasteiger partial charge in [0.25, 0.3) is 0 Å². The highest BCUT2D eigenvalue weighted by Gasteiger charge is 2.78. The van der Waals surface area contributed by atoms with Crippen molar-refractivity contribution in [2.45, 2.75) is 25.2 Å². The number of benzene rings is 1. The molecular weight excluding hydrogens is 196 g/mol. The number of fused-ring (bicyclic) bond motifs is 3. The van der Waals surface area contributed by atoms with Gasteiger partial charge >= 0.3 is 0 Å². The van der Waals surface area contributed by atoms with Crippen molar-refractivity contribution >= 4 is 11.9 Å². The molecule has 0 radical (unpaired) electrons. The third-order valence-corrected chi connectivity index (χ3v) is 5.16. The average molecular weight is 210 g/mol. The molecule has 4 rings (SSSR count). The van der Waals surface area contributed by atoms with Gasteiger partial charge in [0.1, 0.15) is 5.78 Å². The Hall–Kier alpha value is -1.37. The average Bonchev–Trinajstić information content (AvgIpc) is 2.70. The van der Waals surface area contributed by atoms with Crippen LogP contribution < -0.4 is 0 Å². The molecule has 3 unspecified atom stereocenters. The van der Waals surface area contributed by atoms with Crippen molar-refractivity contribution in [3.63, 3.8) is 0 Å². The molecule has 1 spiro atoms. The number of carbonyl (C=O) groups excluding carboxylic acids is 1. The normalized spacial score (nSPS) is 42.6. The molecule has 2 saturated carbocycles. The summed E-state index contributed by atoms with van der Waals surface area (Å²) in [6.07, 6.45) is 6.37. The highest BCUT2D eigenvalue weighted by atomic mass is 16.1. The first-order valence-electron chi connectivity index (χ1n) is 6.02. The fraction of sp³-hybridized carbons (Fsp3) is 0.400. The van der Waals surface area contributed by atoms with E-state index in [1.807, 2.05) is 0 Å². The quantitative estimate of drug-likeness (QED) is 0.643. The minimum atomic E-state index is 0.105. The van der Waals surface area contributed by atoms with Crippen LogP contribution in [0.5, 0.6) is 0 Å². The van der Waals surface area contributed by atoms with Crippen molar-refractivity contribution in [3.8, 4) is 0 Å². The number of allylic oxidation sites excluding steroid dienone is 1. The van der Waals surface area contributed by atoms with Crippen molar-refractivity contribution in [2.24, 2.45) is 11.3 Å². The van der Waals surface area contributed by atoms with Crippen molar-refractivity contribution in [3.05, 3.63) is 41.5 Å². The number of carbonyl (C=O) groups is 1. The fourth-order valence-electron chi connectivity index (χ4n) is 4.32. The Morgan fingerprint density at radius 3 is 3.00 bits per heavy atom. The van der Waals surface area contributed by atoms with E-state index < -0.39 is 0 Å². The lowest BCUT2D eigenvalue weighted by atomic mass is 9.78. The third kappa shape index (κ3) is 0.666. The first kappa shape index (κ1) is 8.74. The molecule has 0 N–H and O–H groups in total. The van der Waals surface area contributed by atoms with Crippen LogP contribution in [-0.4, -0.2) is 5.78 Å². The van der Waals surface area contributed by atoms with Gasteiger partial charge in [0.15, 0.2) is 0 Å². The summed E-state index contributed by atoms with van der Waals surface area (Å²) < 4.78 is 0. The first-order chi connectivity index (χ1) is 7.70. The Kier molecular flexibility index (Phi) is 1.27. The molecule has 80 valence electrons. The molecule has 1 heteroatoms. The summed E-state index contributed by atoms with van der Waals surface area (Å²) in [5, 5.41) is 0. The van der Waals surface area contributed by atoms with Gasteiger partial charge in [-0.2, -0.15) is 0 Å². The maximum Gasteiger partial charge on any atom is 0.137 e. The van der Waals surface area contributed by atoms with E-state index in [0.29, 0.717) is 5.78 Å². The van der Waals surface area contributed by atoms with Crippen LogP contribution in [0.15, 0.2) is 30.3 Å². The molecule has 2 fully saturated rings. The minimum absolute atomic E-state index is 0.105. The second-order valence-corrected chi connectivity index (χ2v) is 5.56. The van der Waals surface area contributed by atoms with E-state index in [9.17, 15) is 4.79 Å². The molecular formula is C15H14O. The number of hydrogen-bond donors (Lipinski definition) is 0. The molecule has 0 saturated heterocycles. The summed E-state index contributed by atoms with van der Waals surface area (Å²) >= 11 is 0. The van der Waals surface area contributed by atoms with Gasteiger partial charge < -0.3 is 0 Å². The molecule has 1 aromatic rings. The lowest BCUT2D eigenvalue weighted by Gasteiger charge is -2.25. The van der Waals surface area contributed by atoms with E-state index in [-0.39, 0.29) is 16.7 Å². The molecule has 1 aromatic carbocycles. The molecule has 16 heavy (non-hydrogen) atoms. The molecule has 3 atom stereocenters. The van der Waals surface area contributed by atoms with Gasteiger partial charge in [0.2, 0.25) is 0 Å². The standard InChI is InChI=1S/C15H14O/c1-14-11-5-3-2-4-10(11)6-8-15(14)9-7-12(16)13(14)15/h2-6,8,13H,7,9H2,1H3. The zero-order valence-corrected chi connectivity index (χ0v) is 9.36. The number of Topliss-reactive ketones (excluding diaryl/α,β-unsaturated/α-hetero) is 1. The van der Waals surface area contributed by atoms with E-state index in [2.05, 4.69) is 43.3 Å². The monoisotopic (exact) mass is 210 g/mol. The Balaban J connectivity index is 1.99. The lowest BCUT2D eigenvalue weighted by Crippen LogP contribution is -2.20. The summed E-state index contributed by atoms with van der Waals surface area (Å²) in [5.74, 6) is 0.740. The zero-order chi connectivity index (χ0) is 11.0. The van der Waals surface area contributed by atoms with Gasteiger partial charge in [-0.15, -0.1) is 0 Å². The van der Waals surface area contributed by atoms with Crippen LogP contribution in [0.4, 0.5) is 0 Å². The van der Waals surface area contributed by atoms with E-state index in [1.54, 1.807) is 0 Å². The highest BCUT2D eigenvalue weighted by molar-refractivity contribution is 5.94. The molecule has 3 aliphatic rings. The number of rotatable bonds is 0. The molecule has 3 aliphatic carbocycles. The SMILES string of the molecule is CC12c3ccccc3C=CC13CCC(=O)C32. The summed E-state index contributed by atoms with van der Waals surface area (Å²) in [6.45, 7) is 2.27. The maximum atomic E-state index is 12.0. The summed E-state index contributed by atoms with van der Waals surface area (Å²) in [7, 11) is 0. The van der Waals surface area contributed by atoms with Crippen LogP contribution in [0.2, 0.25) is 0 Å². The van der Waals surface area contributed by atoms with Gasteiger partial charge in [-0.05, 0) is 17.5 Å². The molecule has 0 aliphatic heterocycles. The predicted octanol–water partition coefficient (Wildman–Crippen LogP) is 2.95. The van der Waals surface area contributed by atoms with Gasteiger partial charge in [0.05, 0.1) is 0 Å². The van der Waals surface area contributed by atoms with E-state index in [1.165, 1.54) is 11.1 Å². The highest BCUT2D eigenvalue weighted by Crippen LogP contribution is 2.78. The predicted molar refractivity (Wildman–Crippen MR) is 63.0 cm³/mol. The van der Waals surface area contributed by atoms with E-state index >= 15 is 0 Å². The lowest BCUT2D eigenvalue weighted by molar-refractivity contribution is -0.119. The Labute approximate surface area is 95.2 Å². The van der Waals surface area contributed by atoms with Gasteiger partial charge in [0, 0.05) is 23.2 Å². The molecule has 0 bridgehead atoms. The topological polar surface area (TPSA) is 17.1 Å². The number of ketones is 1. The van der Waals surface area contributed by atoms with E-state index in [0.717, 1.165) is 12.8 Å². The summed E-state index contributed by atoms with van der Waals surface area (Å²) in [5.41, 5.74) is 2.97. The molecule has 0 aromatic heterocycles. The maximum absolute atomic E-state index is 12.0. The fourth-order valence-corrected chi connectivity index (χ4v) is 4.32. The van der Waals surface area contributed by atoms with Crippen molar-refractivity contribution < 1.29 is 4.79 Å². The van der Waals surface area contributed by atoms with Crippen LogP contribution >= 0.6 is 0 Å². The van der Waals surface area contributed by atoms with Crippen LogP contribution in [0.3, 0.4) is 0 Å². The van der Waals surface area contributed by atoms with E-state index in [4.69, 9.17) is 0 Å². The Morgan fingerprint density at radius 2 is 2.12 bits per heavy atom.